The van der Waals surface area contributed by atoms with E-state index in [-0.39, 0.29) is 42.0 Å². The van der Waals surface area contributed by atoms with E-state index in [1.54, 1.807) is 26.1 Å². The van der Waals surface area contributed by atoms with Crippen LogP contribution in [0.1, 0.15) is 18.7 Å². The first-order valence-corrected chi connectivity index (χ1v) is 10.4. The summed E-state index contributed by atoms with van der Waals surface area (Å²) in [5.41, 5.74) is 2.39. The molecule has 0 unspecified atom stereocenters. The number of likely N-dealkylation sites (N-methyl/N-ethyl adjacent to an activating group) is 2. The quantitative estimate of drug-likeness (QED) is 0.809. The summed E-state index contributed by atoms with van der Waals surface area (Å²) < 4.78 is 7.04. The number of aromatic nitrogens is 1. The molecule has 1 N–H and O–H groups in total. The van der Waals surface area contributed by atoms with E-state index in [1.165, 1.54) is 0 Å². The number of methoxy groups -OCH3 is 1. The van der Waals surface area contributed by atoms with Gasteiger partial charge in [0.25, 0.3) is 5.56 Å². The zero-order valence-corrected chi connectivity index (χ0v) is 17.9. The molecular formula is C23H29N3O4. The molecule has 1 saturated heterocycles. The number of nitrogens with zero attached hydrogens (tertiary/aromatic N) is 3. The Labute approximate surface area is 176 Å². The van der Waals surface area contributed by atoms with Crippen molar-refractivity contribution < 1.29 is 14.6 Å². The van der Waals surface area contributed by atoms with Crippen LogP contribution in [0, 0.1) is 11.8 Å². The largest absolute Gasteiger partial charge is 0.497 e. The van der Waals surface area contributed by atoms with Gasteiger partial charge in [-0.15, -0.1) is 0 Å². The number of aliphatic hydroxyl groups is 1. The molecule has 3 heterocycles. The Morgan fingerprint density at radius 3 is 2.47 bits per heavy atom. The minimum absolute atomic E-state index is 0.00838. The SMILES string of the molecule is CCN1[C@@H]2c3ccc(-c4ccc(OC)cc4)c(=O)n3C[C@@H]2[C@@H](CO)[C@@H]1C(=O)N(C)C. The van der Waals surface area contributed by atoms with Crippen molar-refractivity contribution >= 4 is 5.91 Å². The molecule has 0 spiro atoms. The number of amides is 1. The monoisotopic (exact) mass is 411 g/mol. The van der Waals surface area contributed by atoms with Crippen molar-refractivity contribution in [2.24, 2.45) is 11.8 Å². The first-order chi connectivity index (χ1) is 14.4. The molecule has 1 fully saturated rings. The third-order valence-corrected chi connectivity index (χ3v) is 6.65. The van der Waals surface area contributed by atoms with Crippen LogP contribution >= 0.6 is 0 Å². The summed E-state index contributed by atoms with van der Waals surface area (Å²) >= 11 is 0. The van der Waals surface area contributed by atoms with Gasteiger partial charge in [-0.3, -0.25) is 14.5 Å². The molecule has 160 valence electrons. The molecule has 4 atom stereocenters. The van der Waals surface area contributed by atoms with E-state index in [2.05, 4.69) is 4.90 Å². The van der Waals surface area contributed by atoms with E-state index in [1.807, 2.05) is 47.9 Å². The molecule has 2 aliphatic rings. The molecule has 2 aromatic rings. The number of rotatable bonds is 5. The van der Waals surface area contributed by atoms with Crippen LogP contribution < -0.4 is 10.3 Å². The lowest BCUT2D eigenvalue weighted by atomic mass is 9.88. The maximum Gasteiger partial charge on any atom is 0.258 e. The maximum atomic E-state index is 13.3. The number of carbonyl (C=O) groups excluding carboxylic acids is 1. The number of pyridine rings is 1. The van der Waals surface area contributed by atoms with E-state index in [0.29, 0.717) is 18.7 Å². The van der Waals surface area contributed by atoms with Crippen LogP contribution in [0.15, 0.2) is 41.2 Å². The van der Waals surface area contributed by atoms with Gasteiger partial charge in [-0.2, -0.15) is 0 Å². The van der Waals surface area contributed by atoms with Crippen LogP contribution in [0.2, 0.25) is 0 Å². The molecule has 30 heavy (non-hydrogen) atoms. The molecule has 7 nitrogen and oxygen atoms in total. The Morgan fingerprint density at radius 1 is 1.20 bits per heavy atom. The summed E-state index contributed by atoms with van der Waals surface area (Å²) in [5, 5.41) is 10.2. The van der Waals surface area contributed by atoms with Crippen LogP contribution in [0.5, 0.6) is 5.75 Å². The number of ether oxygens (including phenoxy) is 1. The Kier molecular flexibility index (Phi) is 5.42. The maximum absolute atomic E-state index is 13.3. The van der Waals surface area contributed by atoms with Gasteiger partial charge in [0.1, 0.15) is 5.75 Å². The summed E-state index contributed by atoms with van der Waals surface area (Å²) in [4.78, 5) is 30.0. The minimum Gasteiger partial charge on any atom is -0.497 e. The third-order valence-electron chi connectivity index (χ3n) is 6.65. The predicted octanol–water partition coefficient (Wildman–Crippen LogP) is 1.60. The van der Waals surface area contributed by atoms with Crippen molar-refractivity contribution in [1.29, 1.82) is 0 Å². The van der Waals surface area contributed by atoms with Crippen molar-refractivity contribution in [2.45, 2.75) is 25.6 Å². The van der Waals surface area contributed by atoms with E-state index < -0.39 is 0 Å². The van der Waals surface area contributed by atoms with Gasteiger partial charge >= 0.3 is 0 Å². The van der Waals surface area contributed by atoms with Crippen LogP contribution in [-0.4, -0.2) is 65.8 Å². The number of hydrogen-bond donors (Lipinski definition) is 1. The summed E-state index contributed by atoms with van der Waals surface area (Å²) in [6.07, 6.45) is 0. The molecule has 7 heteroatoms. The third kappa shape index (κ3) is 3.04. The Hall–Kier alpha value is -2.64. The Balaban J connectivity index is 1.75. The average molecular weight is 412 g/mol. The van der Waals surface area contributed by atoms with E-state index >= 15 is 0 Å². The molecule has 1 aromatic carbocycles. The topological polar surface area (TPSA) is 75.0 Å². The Morgan fingerprint density at radius 2 is 1.90 bits per heavy atom. The second kappa shape index (κ2) is 7.89. The Bertz CT molecular complexity index is 998. The second-order valence-electron chi connectivity index (χ2n) is 8.28. The van der Waals surface area contributed by atoms with Gasteiger partial charge in [0, 0.05) is 50.3 Å². The van der Waals surface area contributed by atoms with Gasteiger partial charge in [0.2, 0.25) is 5.91 Å². The van der Waals surface area contributed by atoms with E-state index in [9.17, 15) is 14.7 Å². The molecule has 0 saturated carbocycles. The highest BCUT2D eigenvalue weighted by molar-refractivity contribution is 5.82. The average Bonchev–Trinajstić information content (AvgIpc) is 3.28. The van der Waals surface area contributed by atoms with Crippen molar-refractivity contribution in [3.05, 3.63) is 52.4 Å². The lowest BCUT2D eigenvalue weighted by molar-refractivity contribution is -0.135. The normalized spacial score (nSPS) is 25.1. The molecular weight excluding hydrogens is 382 g/mol. The smallest absolute Gasteiger partial charge is 0.258 e. The minimum atomic E-state index is -0.366. The van der Waals surface area contributed by atoms with Gasteiger partial charge in [-0.1, -0.05) is 19.1 Å². The zero-order chi connectivity index (χ0) is 21.6. The van der Waals surface area contributed by atoms with Gasteiger partial charge in [0.05, 0.1) is 19.2 Å². The zero-order valence-electron chi connectivity index (χ0n) is 17.9. The van der Waals surface area contributed by atoms with Crippen LogP contribution in [0.3, 0.4) is 0 Å². The molecule has 2 aliphatic heterocycles. The first-order valence-electron chi connectivity index (χ1n) is 10.4. The lowest BCUT2D eigenvalue weighted by Gasteiger charge is -2.31. The fourth-order valence-electron chi connectivity index (χ4n) is 5.22. The summed E-state index contributed by atoms with van der Waals surface area (Å²) in [6.45, 7) is 3.15. The van der Waals surface area contributed by atoms with Crippen molar-refractivity contribution in [2.75, 3.05) is 34.4 Å². The van der Waals surface area contributed by atoms with Crippen LogP contribution in [-0.2, 0) is 11.3 Å². The summed E-state index contributed by atoms with van der Waals surface area (Å²) in [5.74, 6) is 0.584. The molecule has 0 radical (unpaired) electrons. The fraction of sp³-hybridized carbons (Fsp3) is 0.478. The number of likely N-dealkylation sites (tertiary alicyclic amines) is 1. The predicted molar refractivity (Wildman–Crippen MR) is 114 cm³/mol. The molecule has 0 bridgehead atoms. The van der Waals surface area contributed by atoms with Crippen LogP contribution in [0.4, 0.5) is 0 Å². The number of carbonyl (C=O) groups is 1. The van der Waals surface area contributed by atoms with E-state index in [0.717, 1.165) is 17.0 Å². The van der Waals surface area contributed by atoms with Gasteiger partial charge in [-0.05, 0) is 36.4 Å². The highest BCUT2D eigenvalue weighted by atomic mass is 16.5. The fourth-order valence-corrected chi connectivity index (χ4v) is 5.22. The number of hydrogen-bond acceptors (Lipinski definition) is 5. The second-order valence-corrected chi connectivity index (χ2v) is 8.28. The van der Waals surface area contributed by atoms with E-state index in [4.69, 9.17) is 4.74 Å². The standard InChI is InChI=1S/C23H29N3O4/c1-5-25-20-17(18(13-27)21(25)23(29)24(2)3)12-26-19(20)11-10-16(22(26)28)14-6-8-15(30-4)9-7-14/h6-11,17-18,20-21,27H,5,12-13H2,1-4H3/t17-,18-,20+,21-/m1/s1. The highest BCUT2D eigenvalue weighted by Gasteiger charge is 2.55. The lowest BCUT2D eigenvalue weighted by Crippen LogP contribution is -2.47. The molecule has 1 amide bonds. The van der Waals surface area contributed by atoms with Crippen molar-refractivity contribution in [3.8, 4) is 16.9 Å². The van der Waals surface area contributed by atoms with Gasteiger partial charge in [0.15, 0.2) is 0 Å². The number of aliphatic hydroxyl groups excluding tert-OH is 1. The number of benzene rings is 1. The molecule has 0 aliphatic carbocycles. The first kappa shape index (κ1) is 20.6. The van der Waals surface area contributed by atoms with Gasteiger partial charge in [-0.25, -0.2) is 0 Å². The molecule has 1 aromatic heterocycles. The summed E-state index contributed by atoms with van der Waals surface area (Å²) in [6, 6.07) is 10.9. The van der Waals surface area contributed by atoms with Crippen molar-refractivity contribution in [3.63, 3.8) is 0 Å². The highest BCUT2D eigenvalue weighted by Crippen LogP contribution is 2.49. The number of fused-ring (bicyclic) bond motifs is 3. The van der Waals surface area contributed by atoms with Crippen molar-refractivity contribution in [1.82, 2.24) is 14.4 Å². The summed E-state index contributed by atoms with van der Waals surface area (Å²) in [7, 11) is 5.11. The van der Waals surface area contributed by atoms with Gasteiger partial charge < -0.3 is 19.3 Å². The van der Waals surface area contributed by atoms with Crippen LogP contribution in [0.25, 0.3) is 11.1 Å². The molecule has 4 rings (SSSR count).